The monoisotopic (exact) mass is 427 g/mol. The summed E-state index contributed by atoms with van der Waals surface area (Å²) in [4.78, 5) is 12.0. The van der Waals surface area contributed by atoms with Crippen molar-refractivity contribution in [1.29, 1.82) is 5.26 Å². The van der Waals surface area contributed by atoms with Crippen LogP contribution in [0.1, 0.15) is 94.6 Å². The number of carbonyl (C=O) groups is 1. The Bertz CT molecular complexity index is 926. The predicted molar refractivity (Wildman–Crippen MR) is 131 cm³/mol. The highest BCUT2D eigenvalue weighted by atomic mass is 16.1. The zero-order valence-corrected chi connectivity index (χ0v) is 19.6. The second-order valence-corrected chi connectivity index (χ2v) is 10.2. The molecule has 0 radical (unpaired) electrons. The maximum Gasteiger partial charge on any atom is 0.133 e. The predicted octanol–water partition coefficient (Wildman–Crippen LogP) is 8.01. The van der Waals surface area contributed by atoms with E-state index in [1.54, 1.807) is 0 Å². The van der Waals surface area contributed by atoms with Gasteiger partial charge in [0.15, 0.2) is 0 Å². The topological polar surface area (TPSA) is 40.9 Å². The number of unbranched alkanes of at least 4 members (excludes halogenated alkanes) is 2. The molecule has 0 spiro atoms. The van der Waals surface area contributed by atoms with Gasteiger partial charge in [0.05, 0.1) is 11.5 Å². The van der Waals surface area contributed by atoms with Gasteiger partial charge in [0.2, 0.25) is 0 Å². The Labute approximate surface area is 194 Å². The summed E-state index contributed by atoms with van der Waals surface area (Å²) >= 11 is 0. The third-order valence-corrected chi connectivity index (χ3v) is 8.10. The number of rotatable bonds is 7. The van der Waals surface area contributed by atoms with Crippen LogP contribution in [0.2, 0.25) is 0 Å². The standard InChI is InChI=1S/C30H37NO/c1-2-3-4-6-23-9-11-24(12-10-23)25-13-15-26(16-14-25)27-17-19-30(22-31,20-18-27)28-7-5-8-29(32)21-28/h9-16,27-28H,2-8,17-21H2,1H3/t27?,28-,30?/m1/s1. The maximum absolute atomic E-state index is 12.0. The maximum atomic E-state index is 12.0. The van der Waals surface area contributed by atoms with Crippen molar-refractivity contribution in [2.75, 3.05) is 0 Å². The Balaban J connectivity index is 1.37. The second kappa shape index (κ2) is 10.5. The van der Waals surface area contributed by atoms with Crippen LogP contribution in [0.4, 0.5) is 0 Å². The van der Waals surface area contributed by atoms with Gasteiger partial charge in [-0.25, -0.2) is 0 Å². The first kappa shape index (κ1) is 22.8. The van der Waals surface area contributed by atoms with Gasteiger partial charge in [-0.15, -0.1) is 0 Å². The van der Waals surface area contributed by atoms with Gasteiger partial charge in [0.1, 0.15) is 5.78 Å². The van der Waals surface area contributed by atoms with Crippen LogP contribution < -0.4 is 0 Å². The zero-order chi connectivity index (χ0) is 22.4. The summed E-state index contributed by atoms with van der Waals surface area (Å²) in [6, 6.07) is 20.8. The molecule has 2 nitrogen and oxygen atoms in total. The summed E-state index contributed by atoms with van der Waals surface area (Å²) in [5.74, 6) is 1.18. The number of benzene rings is 2. The Morgan fingerprint density at radius 1 is 0.938 bits per heavy atom. The Kier molecular flexibility index (Phi) is 7.46. The molecule has 32 heavy (non-hydrogen) atoms. The highest BCUT2D eigenvalue weighted by Gasteiger charge is 2.43. The van der Waals surface area contributed by atoms with E-state index in [1.165, 1.54) is 47.9 Å². The molecule has 2 aromatic rings. The molecule has 2 heteroatoms. The van der Waals surface area contributed by atoms with E-state index in [4.69, 9.17) is 0 Å². The van der Waals surface area contributed by atoms with E-state index >= 15 is 0 Å². The molecule has 2 fully saturated rings. The van der Waals surface area contributed by atoms with Crippen molar-refractivity contribution in [2.45, 2.75) is 89.9 Å². The van der Waals surface area contributed by atoms with Crippen LogP contribution >= 0.6 is 0 Å². The third kappa shape index (κ3) is 5.15. The van der Waals surface area contributed by atoms with E-state index in [1.807, 2.05) is 0 Å². The van der Waals surface area contributed by atoms with Gasteiger partial charge in [-0.2, -0.15) is 5.26 Å². The zero-order valence-electron chi connectivity index (χ0n) is 19.6. The van der Waals surface area contributed by atoms with E-state index in [2.05, 4.69) is 61.5 Å². The minimum atomic E-state index is -0.272. The van der Waals surface area contributed by atoms with Gasteiger partial charge in [0.25, 0.3) is 0 Å². The molecule has 0 aromatic heterocycles. The summed E-state index contributed by atoms with van der Waals surface area (Å²) in [7, 11) is 0. The van der Waals surface area contributed by atoms with Crippen LogP contribution in [-0.2, 0) is 11.2 Å². The molecule has 1 atom stereocenters. The van der Waals surface area contributed by atoms with Gasteiger partial charge >= 0.3 is 0 Å². The number of hydrogen-bond donors (Lipinski definition) is 0. The van der Waals surface area contributed by atoms with Gasteiger partial charge in [0, 0.05) is 12.8 Å². The number of Topliss-reactive ketones (excluding diaryl/α,β-unsaturated/α-hetero) is 1. The first-order chi connectivity index (χ1) is 15.6. The Morgan fingerprint density at radius 3 is 2.19 bits per heavy atom. The Morgan fingerprint density at radius 2 is 1.59 bits per heavy atom. The van der Waals surface area contributed by atoms with Crippen LogP contribution in [0.15, 0.2) is 48.5 Å². The number of aryl methyl sites for hydroxylation is 1. The smallest absolute Gasteiger partial charge is 0.133 e. The molecule has 0 heterocycles. The second-order valence-electron chi connectivity index (χ2n) is 10.2. The minimum absolute atomic E-state index is 0.272. The molecular weight excluding hydrogens is 390 g/mol. The molecule has 0 amide bonds. The average molecular weight is 428 g/mol. The van der Waals surface area contributed by atoms with Crippen LogP contribution in [0.5, 0.6) is 0 Å². The van der Waals surface area contributed by atoms with Crippen molar-refractivity contribution in [3.8, 4) is 17.2 Å². The van der Waals surface area contributed by atoms with E-state index in [9.17, 15) is 10.1 Å². The number of hydrogen-bond acceptors (Lipinski definition) is 2. The molecule has 0 unspecified atom stereocenters. The summed E-state index contributed by atoms with van der Waals surface area (Å²) < 4.78 is 0. The number of ketones is 1. The average Bonchev–Trinajstić information content (AvgIpc) is 2.85. The molecule has 0 bridgehead atoms. The lowest BCUT2D eigenvalue weighted by molar-refractivity contribution is -0.123. The fourth-order valence-corrected chi connectivity index (χ4v) is 5.96. The summed E-state index contributed by atoms with van der Waals surface area (Å²) in [5, 5.41) is 10.0. The van der Waals surface area contributed by atoms with Crippen molar-refractivity contribution in [3.05, 3.63) is 59.7 Å². The van der Waals surface area contributed by atoms with Gasteiger partial charge < -0.3 is 0 Å². The fourth-order valence-electron chi connectivity index (χ4n) is 5.96. The molecule has 2 saturated carbocycles. The summed E-state index contributed by atoms with van der Waals surface area (Å²) in [6.07, 6.45) is 12.4. The van der Waals surface area contributed by atoms with E-state index in [0.717, 1.165) is 38.5 Å². The van der Waals surface area contributed by atoms with E-state index in [-0.39, 0.29) is 11.3 Å². The fraction of sp³-hybridized carbons (Fsp3) is 0.533. The number of carbonyl (C=O) groups excluding carboxylic acids is 1. The normalized spacial score (nSPS) is 25.9. The number of nitriles is 1. The van der Waals surface area contributed by atoms with E-state index < -0.39 is 0 Å². The van der Waals surface area contributed by atoms with Crippen molar-refractivity contribution in [2.24, 2.45) is 11.3 Å². The van der Waals surface area contributed by atoms with Crippen LogP contribution in [0.25, 0.3) is 11.1 Å². The first-order valence-corrected chi connectivity index (χ1v) is 12.8. The van der Waals surface area contributed by atoms with Crippen molar-refractivity contribution >= 4 is 5.78 Å². The van der Waals surface area contributed by atoms with Crippen molar-refractivity contribution in [1.82, 2.24) is 0 Å². The van der Waals surface area contributed by atoms with Crippen LogP contribution in [0.3, 0.4) is 0 Å². The summed E-state index contributed by atoms with van der Waals surface area (Å²) in [6.45, 7) is 2.25. The minimum Gasteiger partial charge on any atom is -0.300 e. The van der Waals surface area contributed by atoms with Crippen molar-refractivity contribution < 1.29 is 4.79 Å². The SMILES string of the molecule is CCCCCc1ccc(-c2ccc(C3CCC(C#N)([C@@H]4CCCC(=O)C4)CC3)cc2)cc1. The summed E-state index contributed by atoms with van der Waals surface area (Å²) in [5.41, 5.74) is 5.12. The van der Waals surface area contributed by atoms with E-state index in [0.29, 0.717) is 24.5 Å². The number of nitrogens with zero attached hydrogens (tertiary/aromatic N) is 1. The molecule has 168 valence electrons. The molecule has 0 aliphatic heterocycles. The molecule has 2 aliphatic carbocycles. The van der Waals surface area contributed by atoms with Crippen LogP contribution in [0, 0.1) is 22.7 Å². The van der Waals surface area contributed by atoms with Crippen LogP contribution in [-0.4, -0.2) is 5.78 Å². The van der Waals surface area contributed by atoms with Gasteiger partial charge in [-0.1, -0.05) is 68.3 Å². The van der Waals surface area contributed by atoms with Gasteiger partial charge in [-0.3, -0.25) is 4.79 Å². The molecule has 4 rings (SSSR count). The molecule has 2 aliphatic rings. The molecule has 0 saturated heterocycles. The lowest BCUT2D eigenvalue weighted by Gasteiger charge is -2.42. The third-order valence-electron chi connectivity index (χ3n) is 8.10. The molecular formula is C30H37NO. The largest absolute Gasteiger partial charge is 0.300 e. The highest BCUT2D eigenvalue weighted by molar-refractivity contribution is 5.79. The van der Waals surface area contributed by atoms with Crippen molar-refractivity contribution in [3.63, 3.8) is 0 Å². The van der Waals surface area contributed by atoms with Gasteiger partial charge in [-0.05, 0) is 85.5 Å². The molecule has 0 N–H and O–H groups in total. The first-order valence-electron chi connectivity index (χ1n) is 12.8. The lowest BCUT2D eigenvalue weighted by Crippen LogP contribution is -2.36. The highest BCUT2D eigenvalue weighted by Crippen LogP contribution is 2.50. The lowest BCUT2D eigenvalue weighted by atomic mass is 9.60. The Hall–Kier alpha value is -2.40. The quantitative estimate of drug-likeness (QED) is 0.420. The molecule has 2 aromatic carbocycles.